The fraction of sp³-hybridized carbons (Fsp3) is 0.250. The van der Waals surface area contributed by atoms with Gasteiger partial charge in [-0.3, -0.25) is 0 Å². The Bertz CT molecular complexity index is 408. The summed E-state index contributed by atoms with van der Waals surface area (Å²) in [5, 5.41) is 7.87. The van der Waals surface area contributed by atoms with Crippen molar-refractivity contribution in [3.63, 3.8) is 0 Å². The van der Waals surface area contributed by atoms with Gasteiger partial charge >= 0.3 is 0 Å². The van der Waals surface area contributed by atoms with Crippen LogP contribution in [0.15, 0.2) is 18.2 Å². The van der Waals surface area contributed by atoms with E-state index in [2.05, 4.69) is 10.3 Å². The van der Waals surface area contributed by atoms with Gasteiger partial charge in [0.15, 0.2) is 0 Å². The molecule has 0 bridgehead atoms. The van der Waals surface area contributed by atoms with Crippen molar-refractivity contribution in [3.8, 4) is 5.88 Å². The topological polar surface area (TPSA) is 39.4 Å². The lowest BCUT2D eigenvalue weighted by Crippen LogP contribution is -1.94. The highest BCUT2D eigenvalue weighted by Crippen LogP contribution is 2.14. The van der Waals surface area contributed by atoms with E-state index in [0.29, 0.717) is 5.88 Å². The minimum Gasteiger partial charge on any atom is -0.481 e. The fourth-order valence-electron chi connectivity index (χ4n) is 1.17. The van der Waals surface area contributed by atoms with Crippen molar-refractivity contribution in [2.75, 3.05) is 7.11 Å². The molecule has 62 valence electrons. The molecule has 4 heteroatoms. The smallest absolute Gasteiger partial charge is 0.216 e. The van der Waals surface area contributed by atoms with E-state index < -0.39 is 0 Å². The van der Waals surface area contributed by atoms with Gasteiger partial charge in [-0.15, -0.1) is 5.10 Å². The third kappa shape index (κ3) is 0.845. The summed E-state index contributed by atoms with van der Waals surface area (Å²) >= 11 is 0. The maximum Gasteiger partial charge on any atom is 0.216 e. The van der Waals surface area contributed by atoms with Crippen LogP contribution in [0.3, 0.4) is 0 Å². The SMILES string of the molecule is COc1cccc2c(C)nnn12. The van der Waals surface area contributed by atoms with Crippen molar-refractivity contribution in [3.05, 3.63) is 23.9 Å². The van der Waals surface area contributed by atoms with Crippen molar-refractivity contribution < 1.29 is 4.74 Å². The van der Waals surface area contributed by atoms with Gasteiger partial charge in [0, 0.05) is 6.07 Å². The van der Waals surface area contributed by atoms with E-state index >= 15 is 0 Å². The summed E-state index contributed by atoms with van der Waals surface area (Å²) in [6, 6.07) is 5.73. The maximum atomic E-state index is 5.10. The maximum absolute atomic E-state index is 5.10. The second-order valence-electron chi connectivity index (χ2n) is 2.54. The van der Waals surface area contributed by atoms with Crippen molar-refractivity contribution in [1.82, 2.24) is 14.8 Å². The second-order valence-corrected chi connectivity index (χ2v) is 2.54. The Labute approximate surface area is 69.8 Å². The summed E-state index contributed by atoms with van der Waals surface area (Å²) in [5.41, 5.74) is 1.89. The van der Waals surface area contributed by atoms with E-state index in [0.717, 1.165) is 11.2 Å². The number of hydrogen-bond acceptors (Lipinski definition) is 3. The molecule has 0 N–H and O–H groups in total. The Morgan fingerprint density at radius 2 is 2.25 bits per heavy atom. The largest absolute Gasteiger partial charge is 0.481 e. The zero-order valence-corrected chi connectivity index (χ0v) is 6.98. The lowest BCUT2D eigenvalue weighted by molar-refractivity contribution is 0.384. The second kappa shape index (κ2) is 2.48. The Kier molecular flexibility index (Phi) is 1.46. The predicted octanol–water partition coefficient (Wildman–Crippen LogP) is 1.05. The molecule has 0 saturated heterocycles. The number of ether oxygens (including phenoxy) is 1. The van der Waals surface area contributed by atoms with Gasteiger partial charge < -0.3 is 4.74 Å². The van der Waals surface area contributed by atoms with Crippen LogP contribution in [0.4, 0.5) is 0 Å². The molecule has 12 heavy (non-hydrogen) atoms. The van der Waals surface area contributed by atoms with Crippen LogP contribution in [0.25, 0.3) is 5.52 Å². The van der Waals surface area contributed by atoms with Gasteiger partial charge in [0.2, 0.25) is 5.88 Å². The van der Waals surface area contributed by atoms with Crippen LogP contribution in [0.5, 0.6) is 5.88 Å². The van der Waals surface area contributed by atoms with Crippen molar-refractivity contribution in [2.45, 2.75) is 6.92 Å². The number of hydrogen-bond donors (Lipinski definition) is 0. The van der Waals surface area contributed by atoms with Crippen LogP contribution in [0, 0.1) is 6.92 Å². The summed E-state index contributed by atoms with van der Waals surface area (Å²) in [6.45, 7) is 1.92. The van der Waals surface area contributed by atoms with Crippen molar-refractivity contribution in [1.29, 1.82) is 0 Å². The molecule has 0 amide bonds. The highest BCUT2D eigenvalue weighted by atomic mass is 16.5. The molecule has 0 spiro atoms. The molecule has 0 saturated carbocycles. The lowest BCUT2D eigenvalue weighted by atomic mass is 10.3. The first-order valence-corrected chi connectivity index (χ1v) is 3.68. The van der Waals surface area contributed by atoms with Crippen molar-refractivity contribution >= 4 is 5.52 Å². The van der Waals surface area contributed by atoms with Crippen LogP contribution < -0.4 is 4.74 Å². The molecule has 2 aromatic heterocycles. The lowest BCUT2D eigenvalue weighted by Gasteiger charge is -2.00. The van der Waals surface area contributed by atoms with E-state index in [1.54, 1.807) is 11.6 Å². The number of aryl methyl sites for hydroxylation is 1. The Morgan fingerprint density at radius 3 is 3.00 bits per heavy atom. The molecule has 2 aromatic rings. The number of rotatable bonds is 1. The van der Waals surface area contributed by atoms with Gasteiger partial charge in [0.05, 0.1) is 18.3 Å². The molecule has 0 aliphatic rings. The molecule has 0 radical (unpaired) electrons. The van der Waals surface area contributed by atoms with E-state index in [4.69, 9.17) is 4.74 Å². The van der Waals surface area contributed by atoms with Gasteiger partial charge in [-0.25, -0.2) is 0 Å². The Hall–Kier alpha value is -1.58. The molecule has 2 rings (SSSR count). The van der Waals surface area contributed by atoms with Gasteiger partial charge in [-0.05, 0) is 13.0 Å². The van der Waals surface area contributed by atoms with Crippen LogP contribution in [-0.2, 0) is 0 Å². The molecule has 0 fully saturated rings. The van der Waals surface area contributed by atoms with Gasteiger partial charge in [-0.2, -0.15) is 4.52 Å². The minimum atomic E-state index is 0.702. The van der Waals surface area contributed by atoms with Crippen LogP contribution in [0.1, 0.15) is 5.69 Å². The average molecular weight is 163 g/mol. The molecule has 0 aliphatic heterocycles. The normalized spacial score (nSPS) is 10.5. The van der Waals surface area contributed by atoms with Crippen LogP contribution >= 0.6 is 0 Å². The number of fused-ring (bicyclic) bond motifs is 1. The molecule has 0 aliphatic carbocycles. The first-order valence-electron chi connectivity index (χ1n) is 3.68. The zero-order valence-electron chi connectivity index (χ0n) is 6.98. The third-order valence-corrected chi connectivity index (χ3v) is 1.79. The van der Waals surface area contributed by atoms with Crippen LogP contribution in [0.2, 0.25) is 0 Å². The Balaban J connectivity index is 2.81. The molecule has 4 nitrogen and oxygen atoms in total. The van der Waals surface area contributed by atoms with Gasteiger partial charge in [0.1, 0.15) is 0 Å². The first-order chi connectivity index (χ1) is 5.83. The van der Waals surface area contributed by atoms with Crippen molar-refractivity contribution in [2.24, 2.45) is 0 Å². The number of methoxy groups -OCH3 is 1. The van der Waals surface area contributed by atoms with Crippen LogP contribution in [-0.4, -0.2) is 21.9 Å². The molecule has 2 heterocycles. The highest BCUT2D eigenvalue weighted by Gasteiger charge is 2.03. The minimum absolute atomic E-state index is 0.702. The molecular formula is C8H9N3O. The van der Waals surface area contributed by atoms with E-state index in [1.807, 2.05) is 25.1 Å². The van der Waals surface area contributed by atoms with E-state index in [1.165, 1.54) is 0 Å². The highest BCUT2D eigenvalue weighted by molar-refractivity contribution is 5.51. The first kappa shape index (κ1) is 7.09. The van der Waals surface area contributed by atoms with Gasteiger partial charge in [0.25, 0.3) is 0 Å². The van der Waals surface area contributed by atoms with E-state index in [-0.39, 0.29) is 0 Å². The van der Waals surface area contributed by atoms with E-state index in [9.17, 15) is 0 Å². The molecule has 0 aromatic carbocycles. The standard InChI is InChI=1S/C8H9N3O/c1-6-7-4-3-5-8(12-2)11(7)10-9-6/h3-5H,1-2H3. The summed E-state index contributed by atoms with van der Waals surface area (Å²) in [6.07, 6.45) is 0. The average Bonchev–Trinajstić information content (AvgIpc) is 2.48. The quantitative estimate of drug-likeness (QED) is 0.630. The molecule has 0 unspecified atom stereocenters. The molecular weight excluding hydrogens is 154 g/mol. The molecule has 0 atom stereocenters. The Morgan fingerprint density at radius 1 is 1.42 bits per heavy atom. The summed E-state index contributed by atoms with van der Waals surface area (Å²) < 4.78 is 6.78. The monoisotopic (exact) mass is 163 g/mol. The summed E-state index contributed by atoms with van der Waals surface area (Å²) in [5.74, 6) is 0.702. The zero-order chi connectivity index (χ0) is 8.55. The summed E-state index contributed by atoms with van der Waals surface area (Å²) in [4.78, 5) is 0. The number of pyridine rings is 1. The fourth-order valence-corrected chi connectivity index (χ4v) is 1.17. The predicted molar refractivity (Wildman–Crippen MR) is 44.3 cm³/mol. The van der Waals surface area contributed by atoms with Gasteiger partial charge in [-0.1, -0.05) is 11.3 Å². The number of aromatic nitrogens is 3. The third-order valence-electron chi connectivity index (χ3n) is 1.79. The number of nitrogens with zero attached hydrogens (tertiary/aromatic N) is 3. The summed E-state index contributed by atoms with van der Waals surface area (Å²) in [7, 11) is 1.62.